The molecule has 8 nitrogen and oxygen atoms in total. The van der Waals surface area contributed by atoms with E-state index in [-0.39, 0.29) is 19.4 Å². The first-order valence-electron chi connectivity index (χ1n) is 11.4. The molecule has 0 saturated carbocycles. The Morgan fingerprint density at radius 1 is 0.778 bits per heavy atom. The molecule has 0 saturated heterocycles. The molecule has 0 bridgehead atoms. The molecule has 3 aromatic carbocycles. The second-order valence-corrected chi connectivity index (χ2v) is 8.05. The molecule has 0 fully saturated rings. The topological polar surface area (TPSA) is 118 Å². The molecule has 8 heteroatoms. The molecule has 2 amide bonds. The number of rotatable bonds is 10. The molecule has 2 atom stereocenters. The number of amides is 2. The van der Waals surface area contributed by atoms with Crippen LogP contribution in [0.1, 0.15) is 22.3 Å². The van der Waals surface area contributed by atoms with Gasteiger partial charge >= 0.3 is 12.1 Å². The molecule has 0 unspecified atom stereocenters. The zero-order chi connectivity index (χ0) is 25.8. The molecular formula is C28H27N3O5. The Balaban J connectivity index is 1.71. The summed E-state index contributed by atoms with van der Waals surface area (Å²) in [4.78, 5) is 38.2. The van der Waals surface area contributed by atoms with E-state index in [1.165, 1.54) is 7.11 Å². The first-order chi connectivity index (χ1) is 17.5. The van der Waals surface area contributed by atoms with Gasteiger partial charge in [-0.05, 0) is 28.8 Å². The van der Waals surface area contributed by atoms with Gasteiger partial charge in [-0.15, -0.1) is 0 Å². The third-order valence-electron chi connectivity index (χ3n) is 5.43. The van der Waals surface area contributed by atoms with Crippen molar-refractivity contribution < 1.29 is 23.9 Å². The van der Waals surface area contributed by atoms with Gasteiger partial charge in [-0.25, -0.2) is 9.59 Å². The normalized spacial score (nSPS) is 11.9. The van der Waals surface area contributed by atoms with E-state index >= 15 is 0 Å². The van der Waals surface area contributed by atoms with Crippen molar-refractivity contribution >= 4 is 18.0 Å². The second kappa shape index (κ2) is 13.3. The van der Waals surface area contributed by atoms with Crippen LogP contribution < -0.4 is 10.6 Å². The minimum Gasteiger partial charge on any atom is -0.467 e. The van der Waals surface area contributed by atoms with Crippen LogP contribution in [0.15, 0.2) is 84.9 Å². The fraction of sp³-hybridized carbons (Fsp3) is 0.214. The minimum atomic E-state index is -0.996. The van der Waals surface area contributed by atoms with Gasteiger partial charge in [0.15, 0.2) is 0 Å². The first-order valence-corrected chi connectivity index (χ1v) is 11.4. The van der Waals surface area contributed by atoms with E-state index in [0.717, 1.165) is 16.7 Å². The molecule has 3 aromatic rings. The molecule has 0 aliphatic carbocycles. The lowest BCUT2D eigenvalue weighted by molar-refractivity contribution is -0.145. The molecule has 0 heterocycles. The van der Waals surface area contributed by atoms with E-state index in [4.69, 9.17) is 14.7 Å². The van der Waals surface area contributed by atoms with E-state index < -0.39 is 30.1 Å². The number of alkyl carbamates (subject to hydrolysis) is 1. The van der Waals surface area contributed by atoms with Crippen LogP contribution in [-0.2, 0) is 38.5 Å². The predicted molar refractivity (Wildman–Crippen MR) is 133 cm³/mol. The zero-order valence-corrected chi connectivity index (χ0v) is 19.8. The average Bonchev–Trinajstić information content (AvgIpc) is 2.92. The number of methoxy groups -OCH3 is 1. The molecule has 3 rings (SSSR count). The van der Waals surface area contributed by atoms with Crippen molar-refractivity contribution in [3.63, 3.8) is 0 Å². The number of ether oxygens (including phenoxy) is 2. The van der Waals surface area contributed by atoms with Crippen LogP contribution in [0.4, 0.5) is 4.79 Å². The van der Waals surface area contributed by atoms with E-state index in [9.17, 15) is 14.4 Å². The highest BCUT2D eigenvalue weighted by atomic mass is 16.5. The maximum atomic E-state index is 13.2. The van der Waals surface area contributed by atoms with Crippen LogP contribution >= 0.6 is 0 Å². The van der Waals surface area contributed by atoms with Crippen LogP contribution in [0.2, 0.25) is 0 Å². The van der Waals surface area contributed by atoms with Crippen LogP contribution in [0.3, 0.4) is 0 Å². The lowest BCUT2D eigenvalue weighted by Crippen LogP contribution is -2.53. The molecule has 0 radical (unpaired) electrons. The summed E-state index contributed by atoms with van der Waals surface area (Å²) in [5, 5.41) is 14.3. The SMILES string of the molecule is COC(=O)[C@H](Cc1ccc(C#N)cc1)NC(=O)[C@@H](Cc1ccccc1)NC(=O)OCc1ccccc1. The number of nitriles is 1. The van der Waals surface area contributed by atoms with Crippen molar-refractivity contribution in [3.8, 4) is 6.07 Å². The Morgan fingerprint density at radius 2 is 1.33 bits per heavy atom. The zero-order valence-electron chi connectivity index (χ0n) is 19.8. The van der Waals surface area contributed by atoms with E-state index in [1.54, 1.807) is 24.3 Å². The monoisotopic (exact) mass is 485 g/mol. The van der Waals surface area contributed by atoms with Crippen LogP contribution in [0.25, 0.3) is 0 Å². The van der Waals surface area contributed by atoms with Gasteiger partial charge in [0.2, 0.25) is 5.91 Å². The molecule has 0 aliphatic heterocycles. The number of hydrogen-bond donors (Lipinski definition) is 2. The maximum absolute atomic E-state index is 13.2. The van der Waals surface area contributed by atoms with E-state index in [2.05, 4.69) is 10.6 Å². The molecule has 0 aliphatic rings. The summed E-state index contributed by atoms with van der Waals surface area (Å²) in [6.45, 7) is 0.0514. The van der Waals surface area contributed by atoms with Gasteiger partial charge in [-0.3, -0.25) is 4.79 Å². The number of esters is 1. The lowest BCUT2D eigenvalue weighted by Gasteiger charge is -2.22. The molecule has 0 spiro atoms. The number of nitrogens with one attached hydrogen (secondary N) is 2. The smallest absolute Gasteiger partial charge is 0.408 e. The Kier molecular flexibility index (Phi) is 9.60. The van der Waals surface area contributed by atoms with Gasteiger partial charge in [-0.1, -0.05) is 72.8 Å². The summed E-state index contributed by atoms with van der Waals surface area (Å²) in [6.07, 6.45) is -0.407. The Bertz CT molecular complexity index is 1190. The van der Waals surface area contributed by atoms with Crippen LogP contribution in [-0.4, -0.2) is 37.2 Å². The van der Waals surface area contributed by atoms with E-state index in [1.807, 2.05) is 66.7 Å². The van der Waals surface area contributed by atoms with Crippen molar-refractivity contribution in [2.45, 2.75) is 31.5 Å². The Labute approximate surface area is 209 Å². The van der Waals surface area contributed by atoms with Gasteiger partial charge in [-0.2, -0.15) is 5.26 Å². The van der Waals surface area contributed by atoms with Crippen molar-refractivity contribution in [2.24, 2.45) is 0 Å². The van der Waals surface area contributed by atoms with Crippen LogP contribution in [0, 0.1) is 11.3 Å². The quantitative estimate of drug-likeness (QED) is 0.426. The number of carbonyl (C=O) groups is 3. The third-order valence-corrected chi connectivity index (χ3v) is 5.43. The molecule has 36 heavy (non-hydrogen) atoms. The summed E-state index contributed by atoms with van der Waals surface area (Å²) < 4.78 is 10.2. The standard InChI is InChI=1S/C28H27N3O5/c1-35-27(33)25(17-21-12-14-22(18-29)15-13-21)30-26(32)24(16-20-8-4-2-5-9-20)31-28(34)36-19-23-10-6-3-7-11-23/h2-15,24-25H,16-17,19H2,1H3,(H,30,32)(H,31,34)/t24-,25+/m1/s1. The average molecular weight is 486 g/mol. The predicted octanol–water partition coefficient (Wildman–Crippen LogP) is 3.30. The van der Waals surface area contributed by atoms with Gasteiger partial charge in [0, 0.05) is 12.8 Å². The highest BCUT2D eigenvalue weighted by Crippen LogP contribution is 2.10. The van der Waals surface area contributed by atoms with Crippen molar-refractivity contribution in [1.82, 2.24) is 10.6 Å². The van der Waals surface area contributed by atoms with E-state index in [0.29, 0.717) is 5.56 Å². The minimum absolute atomic E-state index is 0.0514. The Morgan fingerprint density at radius 3 is 1.92 bits per heavy atom. The summed E-state index contributed by atoms with van der Waals surface area (Å²) >= 11 is 0. The van der Waals surface area contributed by atoms with Gasteiger partial charge < -0.3 is 20.1 Å². The second-order valence-electron chi connectivity index (χ2n) is 8.05. The molecule has 2 N–H and O–H groups in total. The van der Waals surface area contributed by atoms with Crippen molar-refractivity contribution in [2.75, 3.05) is 7.11 Å². The third kappa shape index (κ3) is 7.99. The summed E-state index contributed by atoms with van der Waals surface area (Å²) in [6, 6.07) is 25.1. The fourth-order valence-electron chi connectivity index (χ4n) is 3.53. The fourth-order valence-corrected chi connectivity index (χ4v) is 3.53. The summed E-state index contributed by atoms with van der Waals surface area (Å²) in [5.74, 6) is -1.18. The molecular weight excluding hydrogens is 458 g/mol. The van der Waals surface area contributed by atoms with Gasteiger partial charge in [0.1, 0.15) is 18.7 Å². The van der Waals surface area contributed by atoms with Crippen molar-refractivity contribution in [1.29, 1.82) is 5.26 Å². The van der Waals surface area contributed by atoms with Gasteiger partial charge in [0.25, 0.3) is 0 Å². The number of benzene rings is 3. The summed E-state index contributed by atoms with van der Waals surface area (Å²) in [7, 11) is 1.24. The first kappa shape index (κ1) is 26.0. The van der Waals surface area contributed by atoms with Crippen molar-refractivity contribution in [3.05, 3.63) is 107 Å². The van der Waals surface area contributed by atoms with Gasteiger partial charge in [0.05, 0.1) is 18.7 Å². The highest BCUT2D eigenvalue weighted by Gasteiger charge is 2.28. The largest absolute Gasteiger partial charge is 0.467 e. The number of carbonyl (C=O) groups excluding carboxylic acids is 3. The molecule has 184 valence electrons. The number of nitrogens with zero attached hydrogens (tertiary/aromatic N) is 1. The lowest BCUT2D eigenvalue weighted by atomic mass is 10.0. The highest BCUT2D eigenvalue weighted by molar-refractivity contribution is 5.90. The Hall–Kier alpha value is -4.64. The summed E-state index contributed by atoms with van der Waals surface area (Å²) in [5.41, 5.74) is 2.85. The number of hydrogen-bond acceptors (Lipinski definition) is 6. The maximum Gasteiger partial charge on any atom is 0.408 e. The molecule has 0 aromatic heterocycles. The van der Waals surface area contributed by atoms with Crippen LogP contribution in [0.5, 0.6) is 0 Å².